The molecule has 0 saturated heterocycles. The number of methoxy groups -OCH3 is 1. The maximum atomic E-state index is 5.30. The van der Waals surface area contributed by atoms with E-state index in [1.165, 1.54) is 33.2 Å². The Labute approximate surface area is 144 Å². The molecule has 0 aliphatic carbocycles. The third-order valence-corrected chi connectivity index (χ3v) is 4.84. The maximum Gasteiger partial charge on any atom is 0.119 e. The maximum absolute atomic E-state index is 5.30. The summed E-state index contributed by atoms with van der Waals surface area (Å²) in [5, 5.41) is 6.07. The Kier molecular flexibility index (Phi) is 4.75. The average Bonchev–Trinajstić information content (AvgIpc) is 2.61. The predicted octanol–water partition coefficient (Wildman–Crippen LogP) is 5.68. The lowest BCUT2D eigenvalue weighted by Gasteiger charge is -2.17. The Morgan fingerprint density at radius 3 is 2.50 bits per heavy atom. The second-order valence-corrected chi connectivity index (χ2v) is 6.50. The second-order valence-electron chi connectivity index (χ2n) is 6.50. The van der Waals surface area contributed by atoms with Crippen LogP contribution in [0.2, 0.25) is 0 Å². The van der Waals surface area contributed by atoms with Crippen LogP contribution in [0.25, 0.3) is 10.8 Å². The predicted molar refractivity (Wildman–Crippen MR) is 103 cm³/mol. The van der Waals surface area contributed by atoms with E-state index in [9.17, 15) is 0 Å². The zero-order chi connectivity index (χ0) is 17.1. The van der Waals surface area contributed by atoms with Crippen LogP contribution >= 0.6 is 0 Å². The molecule has 0 bridgehead atoms. The number of ether oxygens (including phenoxy) is 1. The van der Waals surface area contributed by atoms with Crippen molar-refractivity contribution in [3.05, 3.63) is 71.3 Å². The van der Waals surface area contributed by atoms with Gasteiger partial charge in [-0.25, -0.2) is 0 Å². The molecule has 3 rings (SSSR count). The summed E-state index contributed by atoms with van der Waals surface area (Å²) >= 11 is 0. The van der Waals surface area contributed by atoms with E-state index in [-0.39, 0.29) is 0 Å². The molecule has 3 aromatic carbocycles. The highest BCUT2D eigenvalue weighted by Crippen LogP contribution is 2.26. The van der Waals surface area contributed by atoms with Crippen molar-refractivity contribution < 1.29 is 4.74 Å². The molecule has 3 aromatic rings. The molecule has 1 atom stereocenters. The minimum absolute atomic E-state index is 0.441. The Morgan fingerprint density at radius 2 is 1.71 bits per heavy atom. The van der Waals surface area contributed by atoms with Crippen molar-refractivity contribution in [1.29, 1.82) is 0 Å². The van der Waals surface area contributed by atoms with Gasteiger partial charge in [-0.2, -0.15) is 0 Å². The third-order valence-electron chi connectivity index (χ3n) is 4.84. The van der Waals surface area contributed by atoms with Gasteiger partial charge in [0.2, 0.25) is 0 Å². The zero-order valence-electron chi connectivity index (χ0n) is 14.9. The summed E-state index contributed by atoms with van der Waals surface area (Å²) in [7, 11) is 1.70. The van der Waals surface area contributed by atoms with Crippen LogP contribution in [0, 0.1) is 13.8 Å². The fraction of sp³-hybridized carbons (Fsp3) is 0.273. The number of fused-ring (bicyclic) bond motifs is 1. The van der Waals surface area contributed by atoms with E-state index in [1.54, 1.807) is 7.11 Å². The van der Waals surface area contributed by atoms with Gasteiger partial charge in [-0.1, -0.05) is 43.3 Å². The van der Waals surface area contributed by atoms with Gasteiger partial charge in [0.1, 0.15) is 5.75 Å². The topological polar surface area (TPSA) is 21.3 Å². The first-order chi connectivity index (χ1) is 11.6. The molecule has 0 radical (unpaired) electrons. The summed E-state index contributed by atoms with van der Waals surface area (Å²) < 4.78 is 5.30. The van der Waals surface area contributed by atoms with Crippen molar-refractivity contribution in [3.8, 4) is 5.75 Å². The molecule has 0 aromatic heterocycles. The number of nitrogens with one attached hydrogen (secondary N) is 1. The molecule has 1 N–H and O–H groups in total. The van der Waals surface area contributed by atoms with E-state index in [0.717, 1.165) is 12.3 Å². The summed E-state index contributed by atoms with van der Waals surface area (Å²) in [5.41, 5.74) is 5.24. The van der Waals surface area contributed by atoms with Crippen molar-refractivity contribution in [1.82, 2.24) is 0 Å². The van der Waals surface area contributed by atoms with Gasteiger partial charge in [-0.05, 0) is 65.4 Å². The highest BCUT2D eigenvalue weighted by molar-refractivity contribution is 5.84. The van der Waals surface area contributed by atoms with Gasteiger partial charge in [-0.15, -0.1) is 0 Å². The molecule has 0 saturated carbocycles. The van der Waals surface area contributed by atoms with Gasteiger partial charge in [-0.3, -0.25) is 0 Å². The Balaban J connectivity index is 1.76. The molecule has 2 heteroatoms. The summed E-state index contributed by atoms with van der Waals surface area (Å²) in [5.74, 6) is 1.34. The number of rotatable bonds is 5. The van der Waals surface area contributed by atoms with E-state index in [0.29, 0.717) is 5.92 Å². The Hall–Kier alpha value is -2.48. The molecule has 0 aliphatic rings. The zero-order valence-corrected chi connectivity index (χ0v) is 14.9. The van der Waals surface area contributed by atoms with Gasteiger partial charge in [0.25, 0.3) is 0 Å². The van der Waals surface area contributed by atoms with E-state index >= 15 is 0 Å². The van der Waals surface area contributed by atoms with Crippen LogP contribution in [0.15, 0.2) is 54.6 Å². The van der Waals surface area contributed by atoms with E-state index in [1.807, 2.05) is 6.07 Å². The smallest absolute Gasteiger partial charge is 0.119 e. The fourth-order valence-corrected chi connectivity index (χ4v) is 3.00. The molecule has 0 aliphatic heterocycles. The molecular weight excluding hydrogens is 294 g/mol. The summed E-state index contributed by atoms with van der Waals surface area (Å²) in [6.45, 7) is 7.52. The number of hydrogen-bond acceptors (Lipinski definition) is 2. The lowest BCUT2D eigenvalue weighted by atomic mass is 9.97. The monoisotopic (exact) mass is 319 g/mol. The van der Waals surface area contributed by atoms with Crippen LogP contribution < -0.4 is 10.1 Å². The van der Waals surface area contributed by atoms with Gasteiger partial charge >= 0.3 is 0 Å². The van der Waals surface area contributed by atoms with Crippen molar-refractivity contribution in [2.75, 3.05) is 19.0 Å². The second kappa shape index (κ2) is 6.96. The normalized spacial score (nSPS) is 12.2. The standard InChI is InChI=1S/C22H25NO/c1-15-6-5-7-22(17(15)3)23-14-16(2)18-8-9-20-13-21(24-4)11-10-19(20)12-18/h5-13,16,23H,14H2,1-4H3. The number of anilines is 1. The van der Waals surface area contributed by atoms with Crippen molar-refractivity contribution in [2.45, 2.75) is 26.7 Å². The van der Waals surface area contributed by atoms with Crippen LogP contribution in [0.5, 0.6) is 5.75 Å². The third kappa shape index (κ3) is 3.38. The van der Waals surface area contributed by atoms with Crippen molar-refractivity contribution in [3.63, 3.8) is 0 Å². The van der Waals surface area contributed by atoms with Crippen LogP contribution in [0.4, 0.5) is 5.69 Å². The Morgan fingerprint density at radius 1 is 0.958 bits per heavy atom. The number of benzene rings is 3. The largest absolute Gasteiger partial charge is 0.497 e. The molecule has 0 heterocycles. The average molecular weight is 319 g/mol. The minimum atomic E-state index is 0.441. The summed E-state index contributed by atoms with van der Waals surface area (Å²) in [6, 6.07) is 19.3. The molecule has 124 valence electrons. The molecule has 24 heavy (non-hydrogen) atoms. The van der Waals surface area contributed by atoms with Crippen LogP contribution in [-0.2, 0) is 0 Å². The van der Waals surface area contributed by atoms with Crippen molar-refractivity contribution >= 4 is 16.5 Å². The first-order valence-corrected chi connectivity index (χ1v) is 8.46. The quantitative estimate of drug-likeness (QED) is 0.653. The first kappa shape index (κ1) is 16.4. The first-order valence-electron chi connectivity index (χ1n) is 8.46. The minimum Gasteiger partial charge on any atom is -0.497 e. The lowest BCUT2D eigenvalue weighted by molar-refractivity contribution is 0.415. The van der Waals surface area contributed by atoms with E-state index in [2.05, 4.69) is 74.6 Å². The SMILES string of the molecule is COc1ccc2cc(C(C)CNc3cccc(C)c3C)ccc2c1. The molecule has 1 unspecified atom stereocenters. The van der Waals surface area contributed by atoms with Crippen LogP contribution in [-0.4, -0.2) is 13.7 Å². The highest BCUT2D eigenvalue weighted by atomic mass is 16.5. The molecule has 2 nitrogen and oxygen atoms in total. The van der Waals surface area contributed by atoms with E-state index in [4.69, 9.17) is 4.74 Å². The molecule has 0 fully saturated rings. The molecule has 0 spiro atoms. The Bertz CT molecular complexity index is 854. The van der Waals surface area contributed by atoms with E-state index < -0.39 is 0 Å². The highest BCUT2D eigenvalue weighted by Gasteiger charge is 2.08. The van der Waals surface area contributed by atoms with Gasteiger partial charge < -0.3 is 10.1 Å². The van der Waals surface area contributed by atoms with Crippen LogP contribution in [0.1, 0.15) is 29.5 Å². The van der Waals surface area contributed by atoms with Gasteiger partial charge in [0, 0.05) is 12.2 Å². The van der Waals surface area contributed by atoms with Gasteiger partial charge in [0.15, 0.2) is 0 Å². The number of aryl methyl sites for hydroxylation is 1. The van der Waals surface area contributed by atoms with Crippen LogP contribution in [0.3, 0.4) is 0 Å². The summed E-state index contributed by atoms with van der Waals surface area (Å²) in [4.78, 5) is 0. The van der Waals surface area contributed by atoms with Crippen molar-refractivity contribution in [2.24, 2.45) is 0 Å². The lowest BCUT2D eigenvalue weighted by Crippen LogP contribution is -2.11. The van der Waals surface area contributed by atoms with Gasteiger partial charge in [0.05, 0.1) is 7.11 Å². The molecular formula is C22H25NO. The number of hydrogen-bond donors (Lipinski definition) is 1. The molecule has 0 amide bonds. The fourth-order valence-electron chi connectivity index (χ4n) is 3.00. The summed E-state index contributed by atoms with van der Waals surface area (Å²) in [6.07, 6.45) is 0.